The van der Waals surface area contributed by atoms with Crippen LogP contribution in [0.4, 0.5) is 0 Å². The molecule has 1 aromatic carbocycles. The third-order valence-corrected chi connectivity index (χ3v) is 6.77. The summed E-state index contributed by atoms with van der Waals surface area (Å²) in [6.45, 7) is 2.99. The van der Waals surface area contributed by atoms with Crippen LogP contribution in [0.25, 0.3) is 10.9 Å². The van der Waals surface area contributed by atoms with Gasteiger partial charge in [-0.3, -0.25) is 14.4 Å². The zero-order valence-corrected chi connectivity index (χ0v) is 19.3. The predicted molar refractivity (Wildman–Crippen MR) is 125 cm³/mol. The van der Waals surface area contributed by atoms with Crippen LogP contribution in [0.15, 0.2) is 24.3 Å². The summed E-state index contributed by atoms with van der Waals surface area (Å²) in [5.74, 6) is -0.325. The van der Waals surface area contributed by atoms with Gasteiger partial charge in [-0.15, -0.1) is 0 Å². The number of aromatic nitrogens is 1. The summed E-state index contributed by atoms with van der Waals surface area (Å²) in [5, 5.41) is 15.9. The summed E-state index contributed by atoms with van der Waals surface area (Å²) in [7, 11) is 1.57. The van der Waals surface area contributed by atoms with Crippen molar-refractivity contribution in [3.05, 3.63) is 30.0 Å². The van der Waals surface area contributed by atoms with Crippen LogP contribution in [0.2, 0.25) is 0 Å². The molecule has 0 bridgehead atoms. The smallest absolute Gasteiger partial charge is 0.268 e. The molecule has 0 radical (unpaired) electrons. The SMILES string of the molecule is COc1cccc2[nH]c(C(=O)N[C@H]3CC(C)CN([C@@H](C[C@@H]4CCNC4=O)C(N)C#N)C3=O)cc12. The summed E-state index contributed by atoms with van der Waals surface area (Å²) in [4.78, 5) is 43.3. The standard InChI is InChI=1S/C24H30N6O4/c1-13-8-19(29-23(32)18-10-15-17(28-18)4-3-5-21(15)34-2)24(33)30(12-13)20(16(26)11-25)9-14-6-7-27-22(14)31/h3-5,10,13-14,16,19-20,28H,6-9,12,26H2,1-2H3,(H,27,31)(H,29,32)/t13?,14-,16?,19-,20-/m0/s1. The van der Waals surface area contributed by atoms with Crippen molar-refractivity contribution in [1.29, 1.82) is 5.26 Å². The number of methoxy groups -OCH3 is 1. The van der Waals surface area contributed by atoms with Crippen molar-refractivity contribution in [1.82, 2.24) is 20.5 Å². The Morgan fingerprint density at radius 1 is 1.41 bits per heavy atom. The zero-order valence-electron chi connectivity index (χ0n) is 19.3. The van der Waals surface area contributed by atoms with Crippen molar-refractivity contribution < 1.29 is 19.1 Å². The molecule has 1 aromatic heterocycles. The number of benzene rings is 1. The normalized spacial score (nSPS) is 24.4. The lowest BCUT2D eigenvalue weighted by atomic mass is 9.88. The first-order valence-electron chi connectivity index (χ1n) is 11.5. The number of nitrogens with zero attached hydrogens (tertiary/aromatic N) is 2. The number of likely N-dealkylation sites (tertiary alicyclic amines) is 1. The van der Waals surface area contributed by atoms with E-state index in [0.717, 1.165) is 10.9 Å². The van der Waals surface area contributed by atoms with Gasteiger partial charge in [0, 0.05) is 29.9 Å². The lowest BCUT2D eigenvalue weighted by Crippen LogP contribution is -2.61. The lowest BCUT2D eigenvalue weighted by molar-refractivity contribution is -0.141. The Hall–Kier alpha value is -3.58. The van der Waals surface area contributed by atoms with Gasteiger partial charge >= 0.3 is 0 Å². The van der Waals surface area contributed by atoms with Gasteiger partial charge in [-0.2, -0.15) is 5.26 Å². The first-order valence-corrected chi connectivity index (χ1v) is 11.5. The number of nitrogens with two attached hydrogens (primary N) is 1. The molecule has 2 unspecified atom stereocenters. The maximum atomic E-state index is 13.4. The number of piperidine rings is 1. The Balaban J connectivity index is 1.53. The summed E-state index contributed by atoms with van der Waals surface area (Å²) in [6, 6.07) is 6.93. The summed E-state index contributed by atoms with van der Waals surface area (Å²) >= 11 is 0. The molecule has 2 aliphatic heterocycles. The molecule has 0 saturated carbocycles. The van der Waals surface area contributed by atoms with E-state index in [-0.39, 0.29) is 23.7 Å². The Kier molecular flexibility index (Phi) is 6.75. The minimum atomic E-state index is -0.930. The van der Waals surface area contributed by atoms with Crippen LogP contribution in [0, 0.1) is 23.2 Å². The molecule has 2 fully saturated rings. The topological polar surface area (TPSA) is 153 Å². The van der Waals surface area contributed by atoms with Crippen molar-refractivity contribution in [2.45, 2.75) is 44.3 Å². The fraction of sp³-hybridized carbons (Fsp3) is 0.500. The average molecular weight is 467 g/mol. The van der Waals surface area contributed by atoms with Gasteiger partial charge in [0.2, 0.25) is 11.8 Å². The molecule has 0 aliphatic carbocycles. The molecule has 2 saturated heterocycles. The summed E-state index contributed by atoms with van der Waals surface area (Å²) < 4.78 is 5.36. The minimum Gasteiger partial charge on any atom is -0.496 e. The van der Waals surface area contributed by atoms with E-state index in [1.165, 1.54) is 0 Å². The zero-order chi connectivity index (χ0) is 24.4. The lowest BCUT2D eigenvalue weighted by Gasteiger charge is -2.42. The van der Waals surface area contributed by atoms with E-state index >= 15 is 0 Å². The Morgan fingerprint density at radius 3 is 2.88 bits per heavy atom. The first-order chi connectivity index (χ1) is 16.3. The number of aromatic amines is 1. The van der Waals surface area contributed by atoms with Crippen LogP contribution in [0.5, 0.6) is 5.75 Å². The molecule has 3 amide bonds. The van der Waals surface area contributed by atoms with Crippen LogP contribution < -0.4 is 21.1 Å². The number of nitrogens with one attached hydrogen (secondary N) is 3. The number of hydrogen-bond acceptors (Lipinski definition) is 6. The molecule has 34 heavy (non-hydrogen) atoms. The number of hydrogen-bond donors (Lipinski definition) is 4. The van der Waals surface area contributed by atoms with Gasteiger partial charge in [0.1, 0.15) is 23.5 Å². The molecule has 0 spiro atoms. The van der Waals surface area contributed by atoms with Gasteiger partial charge in [-0.25, -0.2) is 0 Å². The molecule has 4 rings (SSSR count). The van der Waals surface area contributed by atoms with Crippen LogP contribution in [-0.4, -0.2) is 65.9 Å². The van der Waals surface area contributed by atoms with Crippen molar-refractivity contribution in [2.24, 2.45) is 17.6 Å². The van der Waals surface area contributed by atoms with Gasteiger partial charge in [0.15, 0.2) is 0 Å². The number of ether oxygens (including phenoxy) is 1. The van der Waals surface area contributed by atoms with E-state index in [2.05, 4.69) is 15.6 Å². The minimum absolute atomic E-state index is 0.0771. The van der Waals surface area contributed by atoms with Crippen molar-refractivity contribution >= 4 is 28.6 Å². The highest BCUT2D eigenvalue weighted by molar-refractivity contribution is 6.01. The van der Waals surface area contributed by atoms with Crippen LogP contribution >= 0.6 is 0 Å². The van der Waals surface area contributed by atoms with Gasteiger partial charge < -0.3 is 31.0 Å². The monoisotopic (exact) mass is 466 g/mol. The molecule has 3 heterocycles. The maximum absolute atomic E-state index is 13.4. The van der Waals surface area contributed by atoms with Crippen LogP contribution in [0.1, 0.15) is 36.7 Å². The molecule has 5 N–H and O–H groups in total. The number of nitriles is 1. The molecule has 180 valence electrons. The number of carbonyl (C=O) groups excluding carboxylic acids is 3. The van der Waals surface area contributed by atoms with Gasteiger partial charge in [0.05, 0.1) is 19.2 Å². The fourth-order valence-electron chi connectivity index (χ4n) is 5.00. The molecular formula is C24H30N6O4. The van der Waals surface area contributed by atoms with Crippen molar-refractivity contribution in [3.63, 3.8) is 0 Å². The average Bonchev–Trinajstić information content (AvgIpc) is 3.45. The number of H-pyrrole nitrogens is 1. The molecule has 2 aliphatic rings. The second kappa shape index (κ2) is 9.73. The Morgan fingerprint density at radius 2 is 2.21 bits per heavy atom. The third kappa shape index (κ3) is 4.56. The Bertz CT molecular complexity index is 1140. The number of rotatable bonds is 7. The fourth-order valence-corrected chi connectivity index (χ4v) is 5.00. The largest absolute Gasteiger partial charge is 0.496 e. The van der Waals surface area contributed by atoms with Crippen molar-refractivity contribution in [3.8, 4) is 11.8 Å². The highest BCUT2D eigenvalue weighted by atomic mass is 16.5. The van der Waals surface area contributed by atoms with E-state index in [9.17, 15) is 19.6 Å². The second-order valence-corrected chi connectivity index (χ2v) is 9.20. The molecule has 2 aromatic rings. The highest BCUT2D eigenvalue weighted by Gasteiger charge is 2.41. The van der Waals surface area contributed by atoms with Gasteiger partial charge in [-0.1, -0.05) is 13.0 Å². The van der Waals surface area contributed by atoms with E-state index in [1.54, 1.807) is 18.1 Å². The first kappa shape index (κ1) is 23.6. The third-order valence-electron chi connectivity index (χ3n) is 6.77. The van der Waals surface area contributed by atoms with E-state index < -0.39 is 24.0 Å². The van der Waals surface area contributed by atoms with E-state index in [4.69, 9.17) is 10.5 Å². The number of fused-ring (bicyclic) bond motifs is 1. The molecule has 10 nitrogen and oxygen atoms in total. The number of amides is 3. The molecular weight excluding hydrogens is 436 g/mol. The summed E-state index contributed by atoms with van der Waals surface area (Å²) in [5.41, 5.74) is 7.17. The van der Waals surface area contributed by atoms with E-state index in [1.807, 2.05) is 31.2 Å². The molecule has 10 heteroatoms. The van der Waals surface area contributed by atoms with Crippen LogP contribution in [0.3, 0.4) is 0 Å². The van der Waals surface area contributed by atoms with Crippen LogP contribution in [-0.2, 0) is 9.59 Å². The highest BCUT2D eigenvalue weighted by Crippen LogP contribution is 2.28. The second-order valence-electron chi connectivity index (χ2n) is 9.20. The summed E-state index contributed by atoms with van der Waals surface area (Å²) in [6.07, 6.45) is 1.44. The Labute approximate surface area is 197 Å². The maximum Gasteiger partial charge on any atom is 0.268 e. The number of carbonyl (C=O) groups is 3. The van der Waals surface area contributed by atoms with E-state index in [0.29, 0.717) is 43.8 Å². The van der Waals surface area contributed by atoms with Gasteiger partial charge in [0.25, 0.3) is 5.91 Å². The quantitative estimate of drug-likeness (QED) is 0.475. The predicted octanol–water partition coefficient (Wildman–Crippen LogP) is 0.889. The molecule has 5 atom stereocenters. The van der Waals surface area contributed by atoms with Gasteiger partial charge in [-0.05, 0) is 43.4 Å². The van der Waals surface area contributed by atoms with Crippen molar-refractivity contribution in [2.75, 3.05) is 20.2 Å².